The molecule has 2 rings (SSSR count). The minimum absolute atomic E-state index is 0.0412. The van der Waals surface area contributed by atoms with E-state index in [2.05, 4.69) is 24.0 Å². The van der Waals surface area contributed by atoms with Gasteiger partial charge in [-0.3, -0.25) is 0 Å². The summed E-state index contributed by atoms with van der Waals surface area (Å²) in [5, 5.41) is 4.68. The van der Waals surface area contributed by atoms with Crippen molar-refractivity contribution in [2.24, 2.45) is 11.7 Å². The fourth-order valence-electron chi connectivity index (χ4n) is 1.71. The molecule has 0 amide bonds. The molecule has 0 aliphatic carbocycles. The van der Waals surface area contributed by atoms with Gasteiger partial charge in [-0.2, -0.15) is 4.98 Å². The highest BCUT2D eigenvalue weighted by Crippen LogP contribution is 2.14. The monoisotopic (exact) mass is 279 g/mol. The predicted molar refractivity (Wildman–Crippen MR) is 75.1 cm³/mol. The zero-order valence-corrected chi connectivity index (χ0v) is 11.9. The number of halogens is 1. The largest absolute Gasteiger partial charge is 0.339 e. The molecule has 2 N–H and O–H groups in total. The Morgan fingerprint density at radius 1 is 1.37 bits per heavy atom. The summed E-state index contributed by atoms with van der Waals surface area (Å²) in [7, 11) is 0. The summed E-state index contributed by atoms with van der Waals surface area (Å²) in [6, 6.07) is 7.68. The van der Waals surface area contributed by atoms with E-state index in [0.29, 0.717) is 35.5 Å². The molecule has 0 spiro atoms. The topological polar surface area (TPSA) is 64.9 Å². The molecule has 0 bridgehead atoms. The molecule has 19 heavy (non-hydrogen) atoms. The lowest BCUT2D eigenvalue weighted by Gasteiger charge is -2.11. The maximum atomic E-state index is 5.98. The van der Waals surface area contributed by atoms with E-state index in [9.17, 15) is 0 Å². The number of hydrogen-bond acceptors (Lipinski definition) is 4. The molecule has 0 fully saturated rings. The van der Waals surface area contributed by atoms with Crippen LogP contribution in [0.15, 0.2) is 28.8 Å². The number of hydrogen-bond donors (Lipinski definition) is 1. The van der Waals surface area contributed by atoms with Gasteiger partial charge in [-0.15, -0.1) is 0 Å². The quantitative estimate of drug-likeness (QED) is 0.914. The molecule has 2 aromatic rings. The molecule has 5 heteroatoms. The third-order valence-electron chi connectivity index (χ3n) is 3.03. The van der Waals surface area contributed by atoms with E-state index in [0.717, 1.165) is 5.56 Å². The van der Waals surface area contributed by atoms with Gasteiger partial charge in [0.25, 0.3) is 0 Å². The molecule has 1 aromatic heterocycles. The Labute approximate surface area is 118 Å². The van der Waals surface area contributed by atoms with Crippen LogP contribution in [-0.4, -0.2) is 16.2 Å². The van der Waals surface area contributed by atoms with Gasteiger partial charge in [-0.25, -0.2) is 0 Å². The van der Waals surface area contributed by atoms with Crippen LogP contribution in [0.25, 0.3) is 0 Å². The predicted octanol–water partition coefficient (Wildman–Crippen LogP) is 2.84. The average Bonchev–Trinajstić information content (AvgIpc) is 2.76. The van der Waals surface area contributed by atoms with Crippen molar-refractivity contribution in [3.05, 3.63) is 46.6 Å². The molecule has 0 radical (unpaired) electrons. The van der Waals surface area contributed by atoms with Crippen LogP contribution in [0.3, 0.4) is 0 Å². The van der Waals surface area contributed by atoms with Crippen LogP contribution in [0.2, 0.25) is 5.02 Å². The van der Waals surface area contributed by atoms with E-state index in [1.54, 1.807) is 0 Å². The SMILES string of the molecule is CC(C)C(N)Cc1nc(Cc2cccc(Cl)c2)no1. The van der Waals surface area contributed by atoms with Crippen molar-refractivity contribution in [3.8, 4) is 0 Å². The molecule has 1 aromatic carbocycles. The van der Waals surface area contributed by atoms with Gasteiger partial charge in [0.2, 0.25) is 5.89 Å². The van der Waals surface area contributed by atoms with Gasteiger partial charge in [-0.05, 0) is 23.6 Å². The van der Waals surface area contributed by atoms with E-state index in [1.165, 1.54) is 0 Å². The number of nitrogens with zero attached hydrogens (tertiary/aromatic N) is 2. The maximum absolute atomic E-state index is 5.98. The van der Waals surface area contributed by atoms with Crippen molar-refractivity contribution >= 4 is 11.6 Å². The first-order chi connectivity index (χ1) is 9.04. The van der Waals surface area contributed by atoms with Gasteiger partial charge in [0.05, 0.1) is 0 Å². The Balaban J connectivity index is 2.01. The lowest BCUT2D eigenvalue weighted by atomic mass is 10.0. The van der Waals surface area contributed by atoms with E-state index >= 15 is 0 Å². The van der Waals surface area contributed by atoms with E-state index in [1.807, 2.05) is 24.3 Å². The summed E-state index contributed by atoms with van der Waals surface area (Å²) in [6.45, 7) is 4.15. The van der Waals surface area contributed by atoms with Crippen molar-refractivity contribution in [2.75, 3.05) is 0 Å². The molecule has 0 aliphatic rings. The molecule has 0 aliphatic heterocycles. The van der Waals surface area contributed by atoms with Crippen LogP contribution in [0, 0.1) is 5.92 Å². The Bertz CT molecular complexity index is 539. The third kappa shape index (κ3) is 4.04. The molecule has 0 saturated carbocycles. The summed E-state index contributed by atoms with van der Waals surface area (Å²) < 4.78 is 5.21. The van der Waals surface area contributed by atoms with Gasteiger partial charge in [0.15, 0.2) is 5.82 Å². The lowest BCUT2D eigenvalue weighted by molar-refractivity contribution is 0.350. The van der Waals surface area contributed by atoms with E-state index in [4.69, 9.17) is 21.9 Å². The van der Waals surface area contributed by atoms with Crippen LogP contribution in [0.4, 0.5) is 0 Å². The first-order valence-electron chi connectivity index (χ1n) is 6.36. The maximum Gasteiger partial charge on any atom is 0.228 e. The van der Waals surface area contributed by atoms with Crippen molar-refractivity contribution in [1.29, 1.82) is 0 Å². The molecule has 1 heterocycles. The highest BCUT2D eigenvalue weighted by molar-refractivity contribution is 6.30. The van der Waals surface area contributed by atoms with Crippen molar-refractivity contribution < 1.29 is 4.52 Å². The number of benzene rings is 1. The van der Waals surface area contributed by atoms with Crippen molar-refractivity contribution in [2.45, 2.75) is 32.7 Å². The summed E-state index contributed by atoms with van der Waals surface area (Å²) in [5.74, 6) is 1.65. The number of aromatic nitrogens is 2. The smallest absolute Gasteiger partial charge is 0.228 e. The summed E-state index contributed by atoms with van der Waals surface area (Å²) >= 11 is 5.94. The van der Waals surface area contributed by atoms with Crippen LogP contribution in [0.5, 0.6) is 0 Å². The Kier molecular flexibility index (Phi) is 4.56. The van der Waals surface area contributed by atoms with Crippen molar-refractivity contribution in [1.82, 2.24) is 10.1 Å². The third-order valence-corrected chi connectivity index (χ3v) is 3.26. The van der Waals surface area contributed by atoms with Gasteiger partial charge in [0, 0.05) is 23.9 Å². The lowest BCUT2D eigenvalue weighted by Crippen LogP contribution is -2.28. The van der Waals surface area contributed by atoms with Crippen LogP contribution >= 0.6 is 11.6 Å². The van der Waals surface area contributed by atoms with E-state index < -0.39 is 0 Å². The van der Waals surface area contributed by atoms with Gasteiger partial charge in [-0.1, -0.05) is 42.7 Å². The second-order valence-electron chi connectivity index (χ2n) is 5.02. The standard InChI is InChI=1S/C14H18ClN3O/c1-9(2)12(16)8-14-17-13(18-19-14)7-10-4-3-5-11(15)6-10/h3-6,9,12H,7-8,16H2,1-2H3. The first-order valence-corrected chi connectivity index (χ1v) is 6.74. The summed E-state index contributed by atoms with van der Waals surface area (Å²) in [5.41, 5.74) is 7.05. The first kappa shape index (κ1) is 14.0. The van der Waals surface area contributed by atoms with Crippen LogP contribution in [0.1, 0.15) is 31.1 Å². The molecular formula is C14H18ClN3O. The van der Waals surface area contributed by atoms with Crippen LogP contribution in [-0.2, 0) is 12.8 Å². The van der Waals surface area contributed by atoms with Gasteiger partial charge in [0.1, 0.15) is 0 Å². The zero-order chi connectivity index (χ0) is 13.8. The summed E-state index contributed by atoms with van der Waals surface area (Å²) in [4.78, 5) is 4.36. The second kappa shape index (κ2) is 6.17. The minimum atomic E-state index is 0.0412. The Morgan fingerprint density at radius 3 is 2.84 bits per heavy atom. The molecule has 4 nitrogen and oxygen atoms in total. The molecule has 1 unspecified atom stereocenters. The van der Waals surface area contributed by atoms with Gasteiger partial charge >= 0.3 is 0 Å². The molecule has 102 valence electrons. The highest BCUT2D eigenvalue weighted by Gasteiger charge is 2.14. The Hall–Kier alpha value is -1.39. The minimum Gasteiger partial charge on any atom is -0.339 e. The van der Waals surface area contributed by atoms with Gasteiger partial charge < -0.3 is 10.3 Å². The summed E-state index contributed by atoms with van der Waals surface area (Å²) in [6.07, 6.45) is 1.22. The van der Waals surface area contributed by atoms with E-state index in [-0.39, 0.29) is 6.04 Å². The molecule has 0 saturated heterocycles. The van der Waals surface area contributed by atoms with Crippen molar-refractivity contribution in [3.63, 3.8) is 0 Å². The normalized spacial score (nSPS) is 12.9. The second-order valence-corrected chi connectivity index (χ2v) is 5.46. The Morgan fingerprint density at radius 2 is 2.16 bits per heavy atom. The van der Waals surface area contributed by atoms with Crippen LogP contribution < -0.4 is 5.73 Å². The molecular weight excluding hydrogens is 262 g/mol. The zero-order valence-electron chi connectivity index (χ0n) is 11.1. The fraction of sp³-hybridized carbons (Fsp3) is 0.429. The highest BCUT2D eigenvalue weighted by atomic mass is 35.5. The number of rotatable bonds is 5. The number of nitrogens with two attached hydrogens (primary N) is 1. The fourth-order valence-corrected chi connectivity index (χ4v) is 1.92. The molecule has 1 atom stereocenters. The average molecular weight is 280 g/mol.